The van der Waals surface area contributed by atoms with E-state index in [1.165, 1.54) is 5.56 Å². The summed E-state index contributed by atoms with van der Waals surface area (Å²) in [7, 11) is 0. The molecule has 1 aliphatic rings. The van der Waals surface area contributed by atoms with Crippen molar-refractivity contribution >= 4 is 11.8 Å². The smallest absolute Gasteiger partial charge is 0.191 e. The molecular weight excluding hydrogens is 348 g/mol. The summed E-state index contributed by atoms with van der Waals surface area (Å²) in [6.45, 7) is 9.81. The first-order chi connectivity index (χ1) is 13.6. The van der Waals surface area contributed by atoms with Crippen LogP contribution in [0.1, 0.15) is 36.7 Å². The Morgan fingerprint density at radius 2 is 1.96 bits per heavy atom. The number of nitrogens with zero attached hydrogens (tertiary/aromatic N) is 4. The van der Waals surface area contributed by atoms with Crippen LogP contribution in [0, 0.1) is 13.8 Å². The summed E-state index contributed by atoms with van der Waals surface area (Å²) in [6.07, 6.45) is 5.02. The van der Waals surface area contributed by atoms with E-state index in [1.54, 1.807) is 0 Å². The molecule has 0 spiro atoms. The molecule has 6 heteroatoms. The number of anilines is 1. The van der Waals surface area contributed by atoms with Crippen LogP contribution in [0.4, 0.5) is 5.82 Å². The third kappa shape index (κ3) is 5.94. The molecule has 0 unspecified atom stereocenters. The number of aromatic nitrogens is 2. The molecule has 1 saturated heterocycles. The van der Waals surface area contributed by atoms with Crippen molar-refractivity contribution in [2.24, 2.45) is 4.99 Å². The highest BCUT2D eigenvalue weighted by molar-refractivity contribution is 5.80. The normalized spacial score (nSPS) is 15.5. The number of aryl methyl sites for hydroxylation is 2. The zero-order valence-corrected chi connectivity index (χ0v) is 17.3. The van der Waals surface area contributed by atoms with Crippen molar-refractivity contribution in [2.45, 2.75) is 46.1 Å². The first-order valence-electron chi connectivity index (χ1n) is 10.3. The maximum Gasteiger partial charge on any atom is 0.191 e. The quantitative estimate of drug-likeness (QED) is 0.596. The zero-order chi connectivity index (χ0) is 19.8. The van der Waals surface area contributed by atoms with Gasteiger partial charge in [0.2, 0.25) is 0 Å². The van der Waals surface area contributed by atoms with Gasteiger partial charge in [0.05, 0.1) is 0 Å². The van der Waals surface area contributed by atoms with E-state index < -0.39 is 0 Å². The molecule has 1 fully saturated rings. The van der Waals surface area contributed by atoms with Crippen LogP contribution < -0.4 is 15.5 Å². The topological polar surface area (TPSA) is 65.4 Å². The fraction of sp³-hybridized carbons (Fsp3) is 0.500. The third-order valence-electron chi connectivity index (χ3n) is 5.02. The van der Waals surface area contributed by atoms with E-state index in [4.69, 9.17) is 4.99 Å². The largest absolute Gasteiger partial charge is 0.357 e. The van der Waals surface area contributed by atoms with Gasteiger partial charge in [-0.1, -0.05) is 12.1 Å². The lowest BCUT2D eigenvalue weighted by atomic mass is 10.1. The van der Waals surface area contributed by atoms with Crippen LogP contribution >= 0.6 is 0 Å². The molecular formula is C22H32N6. The Morgan fingerprint density at radius 1 is 1.14 bits per heavy atom. The number of guanidine groups is 1. The average Bonchev–Trinajstić information content (AvgIpc) is 2.70. The fourth-order valence-electron chi connectivity index (χ4n) is 3.41. The van der Waals surface area contributed by atoms with E-state index in [1.807, 2.05) is 26.1 Å². The minimum absolute atomic E-state index is 0.444. The van der Waals surface area contributed by atoms with Gasteiger partial charge in [-0.25, -0.2) is 4.98 Å². The second-order valence-electron chi connectivity index (χ2n) is 7.36. The number of piperidine rings is 1. The molecule has 3 heterocycles. The van der Waals surface area contributed by atoms with Gasteiger partial charge >= 0.3 is 0 Å². The molecule has 0 aromatic carbocycles. The van der Waals surface area contributed by atoms with Crippen molar-refractivity contribution in [1.82, 2.24) is 20.6 Å². The molecule has 6 nitrogen and oxygen atoms in total. The van der Waals surface area contributed by atoms with Gasteiger partial charge in [-0.05, 0) is 63.8 Å². The van der Waals surface area contributed by atoms with Crippen molar-refractivity contribution < 1.29 is 0 Å². The summed E-state index contributed by atoms with van der Waals surface area (Å²) in [5, 5.41) is 6.98. The molecule has 3 rings (SSSR count). The second kappa shape index (κ2) is 10.1. The molecule has 0 aliphatic carbocycles. The summed E-state index contributed by atoms with van der Waals surface area (Å²) < 4.78 is 0. The number of pyridine rings is 2. The van der Waals surface area contributed by atoms with E-state index in [9.17, 15) is 0 Å². The number of aliphatic imine (C=N–C) groups is 1. The van der Waals surface area contributed by atoms with Crippen LogP contribution in [0.3, 0.4) is 0 Å². The zero-order valence-electron chi connectivity index (χ0n) is 17.3. The minimum Gasteiger partial charge on any atom is -0.357 e. The highest BCUT2D eigenvalue weighted by Crippen LogP contribution is 2.18. The summed E-state index contributed by atoms with van der Waals surface area (Å²) in [5.74, 6) is 2.00. The highest BCUT2D eigenvalue weighted by atomic mass is 15.2. The summed E-state index contributed by atoms with van der Waals surface area (Å²) in [5.41, 5.74) is 3.35. The van der Waals surface area contributed by atoms with Crippen LogP contribution in [0.25, 0.3) is 0 Å². The summed E-state index contributed by atoms with van der Waals surface area (Å²) >= 11 is 0. The molecule has 0 amide bonds. The van der Waals surface area contributed by atoms with Gasteiger partial charge in [0.25, 0.3) is 0 Å². The fourth-order valence-corrected chi connectivity index (χ4v) is 3.41. The van der Waals surface area contributed by atoms with Crippen LogP contribution in [0.2, 0.25) is 0 Å². The van der Waals surface area contributed by atoms with E-state index in [-0.39, 0.29) is 0 Å². The first-order valence-corrected chi connectivity index (χ1v) is 10.3. The Morgan fingerprint density at radius 3 is 2.64 bits per heavy atom. The van der Waals surface area contributed by atoms with Gasteiger partial charge in [-0.3, -0.25) is 9.98 Å². The SMILES string of the molecule is CCNC(=NCCc1ccc(C)nc1)NC1CCN(c2cccc(C)n2)CC1. The van der Waals surface area contributed by atoms with Crippen molar-refractivity contribution in [3.63, 3.8) is 0 Å². The molecule has 0 saturated carbocycles. The lowest BCUT2D eigenvalue weighted by molar-refractivity contribution is 0.459. The summed E-state index contributed by atoms with van der Waals surface area (Å²) in [4.78, 5) is 16.1. The number of hydrogen-bond acceptors (Lipinski definition) is 4. The Balaban J connectivity index is 1.49. The minimum atomic E-state index is 0.444. The molecule has 0 bridgehead atoms. The Hall–Kier alpha value is -2.63. The highest BCUT2D eigenvalue weighted by Gasteiger charge is 2.20. The van der Waals surface area contributed by atoms with Crippen LogP contribution in [-0.2, 0) is 6.42 Å². The van der Waals surface area contributed by atoms with Gasteiger partial charge in [0.15, 0.2) is 5.96 Å². The number of rotatable bonds is 6. The van der Waals surface area contributed by atoms with Crippen molar-refractivity contribution in [3.8, 4) is 0 Å². The van der Waals surface area contributed by atoms with Crippen LogP contribution in [0.15, 0.2) is 41.5 Å². The third-order valence-corrected chi connectivity index (χ3v) is 5.02. The van der Waals surface area contributed by atoms with Crippen molar-refractivity contribution in [2.75, 3.05) is 31.1 Å². The van der Waals surface area contributed by atoms with Crippen molar-refractivity contribution in [3.05, 3.63) is 53.5 Å². The van der Waals surface area contributed by atoms with Gasteiger partial charge in [0.1, 0.15) is 5.82 Å². The average molecular weight is 381 g/mol. The van der Waals surface area contributed by atoms with Crippen LogP contribution in [-0.4, -0.2) is 48.1 Å². The lowest BCUT2D eigenvalue weighted by Gasteiger charge is -2.34. The Bertz CT molecular complexity index is 763. The molecule has 0 radical (unpaired) electrons. The molecule has 150 valence electrons. The van der Waals surface area contributed by atoms with E-state index in [2.05, 4.69) is 56.7 Å². The monoisotopic (exact) mass is 380 g/mol. The lowest BCUT2D eigenvalue weighted by Crippen LogP contribution is -2.49. The van der Waals surface area contributed by atoms with Gasteiger partial charge in [-0.2, -0.15) is 0 Å². The summed E-state index contributed by atoms with van der Waals surface area (Å²) in [6, 6.07) is 10.9. The standard InChI is InChI=1S/C22H32N6/c1-4-23-22(24-13-10-19-9-8-17(2)25-16-19)27-20-11-14-28(15-12-20)21-7-5-6-18(3)26-21/h5-9,16,20H,4,10-15H2,1-3H3,(H2,23,24,27). The Kier molecular flexibility index (Phi) is 7.23. The van der Waals surface area contributed by atoms with Gasteiger partial charge in [0, 0.05) is 49.8 Å². The maximum atomic E-state index is 4.75. The van der Waals surface area contributed by atoms with Crippen molar-refractivity contribution in [1.29, 1.82) is 0 Å². The molecule has 1 aliphatic heterocycles. The predicted molar refractivity (Wildman–Crippen MR) is 116 cm³/mol. The first kappa shape index (κ1) is 20.1. The van der Waals surface area contributed by atoms with E-state index >= 15 is 0 Å². The van der Waals surface area contributed by atoms with E-state index in [0.717, 1.165) is 68.6 Å². The molecule has 0 atom stereocenters. The molecule has 2 aromatic rings. The molecule has 2 N–H and O–H groups in total. The maximum absolute atomic E-state index is 4.75. The van der Waals surface area contributed by atoms with Gasteiger partial charge in [-0.15, -0.1) is 0 Å². The number of hydrogen-bond donors (Lipinski definition) is 2. The second-order valence-corrected chi connectivity index (χ2v) is 7.36. The van der Waals surface area contributed by atoms with Gasteiger partial charge < -0.3 is 15.5 Å². The molecule has 28 heavy (non-hydrogen) atoms. The van der Waals surface area contributed by atoms with E-state index in [0.29, 0.717) is 6.04 Å². The van der Waals surface area contributed by atoms with Crippen LogP contribution in [0.5, 0.6) is 0 Å². The Labute approximate surface area is 168 Å². The molecule has 2 aromatic heterocycles. The number of nitrogens with one attached hydrogen (secondary N) is 2. The predicted octanol–water partition coefficient (Wildman–Crippen LogP) is 2.86.